The van der Waals surface area contributed by atoms with Crippen LogP contribution in [0.5, 0.6) is 0 Å². The molecular weight excluding hydrogens is 296 g/mol. The predicted octanol–water partition coefficient (Wildman–Crippen LogP) is 0.372. The van der Waals surface area contributed by atoms with E-state index in [9.17, 15) is 9.59 Å². The number of rotatable bonds is 1. The molecule has 2 aromatic heterocycles. The Hall–Kier alpha value is -2.41. The van der Waals surface area contributed by atoms with Gasteiger partial charge in [-0.15, -0.1) is 0 Å². The molecule has 7 nitrogen and oxygen atoms in total. The van der Waals surface area contributed by atoms with E-state index in [2.05, 4.69) is 10.4 Å². The van der Waals surface area contributed by atoms with Crippen molar-refractivity contribution in [3.8, 4) is 0 Å². The number of hydrogen-bond acceptors (Lipinski definition) is 4. The van der Waals surface area contributed by atoms with Gasteiger partial charge in [0, 0.05) is 19.3 Å². The molecule has 0 saturated carbocycles. The highest BCUT2D eigenvalue weighted by molar-refractivity contribution is 6.00. The molecule has 0 radical (unpaired) electrons. The fourth-order valence-electron chi connectivity index (χ4n) is 3.31. The zero-order valence-electron chi connectivity index (χ0n) is 12.9. The zero-order chi connectivity index (χ0) is 16.0. The van der Waals surface area contributed by atoms with E-state index >= 15 is 0 Å². The SMILES string of the molecule is Cc1ccc2c(C(=O)N3CC[C@H]4OCC(=O)N[C@H]4C3)cnn2c1. The van der Waals surface area contributed by atoms with Gasteiger partial charge in [-0.3, -0.25) is 9.59 Å². The van der Waals surface area contributed by atoms with Crippen molar-refractivity contribution in [2.75, 3.05) is 19.7 Å². The molecule has 7 heteroatoms. The van der Waals surface area contributed by atoms with E-state index in [1.54, 1.807) is 15.6 Å². The van der Waals surface area contributed by atoms with Crippen LogP contribution in [0, 0.1) is 6.92 Å². The quantitative estimate of drug-likeness (QED) is 0.825. The summed E-state index contributed by atoms with van der Waals surface area (Å²) in [4.78, 5) is 26.1. The van der Waals surface area contributed by atoms with Gasteiger partial charge in [0.05, 0.1) is 29.4 Å². The minimum absolute atomic E-state index is 0.00306. The lowest BCUT2D eigenvalue weighted by molar-refractivity contribution is -0.139. The van der Waals surface area contributed by atoms with E-state index in [0.717, 1.165) is 17.5 Å². The summed E-state index contributed by atoms with van der Waals surface area (Å²) >= 11 is 0. The molecule has 2 saturated heterocycles. The summed E-state index contributed by atoms with van der Waals surface area (Å²) in [6.45, 7) is 3.19. The molecule has 2 aromatic rings. The summed E-state index contributed by atoms with van der Waals surface area (Å²) in [5.41, 5.74) is 2.47. The number of nitrogens with zero attached hydrogens (tertiary/aromatic N) is 3. The van der Waals surface area contributed by atoms with E-state index < -0.39 is 0 Å². The van der Waals surface area contributed by atoms with Gasteiger partial charge in [-0.05, 0) is 25.0 Å². The average Bonchev–Trinajstić information content (AvgIpc) is 2.96. The number of nitrogens with one attached hydrogen (secondary N) is 1. The van der Waals surface area contributed by atoms with Crippen molar-refractivity contribution in [1.82, 2.24) is 19.8 Å². The van der Waals surface area contributed by atoms with Crippen LogP contribution in [0.2, 0.25) is 0 Å². The van der Waals surface area contributed by atoms with Gasteiger partial charge in [0.2, 0.25) is 5.91 Å². The highest BCUT2D eigenvalue weighted by atomic mass is 16.5. The molecule has 0 aromatic carbocycles. The van der Waals surface area contributed by atoms with Crippen molar-refractivity contribution in [3.63, 3.8) is 0 Å². The first-order valence-electron chi connectivity index (χ1n) is 7.76. The molecular formula is C16H18N4O3. The van der Waals surface area contributed by atoms with Gasteiger partial charge < -0.3 is 15.0 Å². The van der Waals surface area contributed by atoms with Crippen molar-refractivity contribution in [1.29, 1.82) is 0 Å². The van der Waals surface area contributed by atoms with Gasteiger partial charge in [-0.25, -0.2) is 4.52 Å². The number of ether oxygens (including phenoxy) is 1. The van der Waals surface area contributed by atoms with Crippen molar-refractivity contribution >= 4 is 17.3 Å². The number of pyridine rings is 1. The number of aromatic nitrogens is 2. The Kier molecular flexibility index (Phi) is 3.30. The second-order valence-corrected chi connectivity index (χ2v) is 6.16. The van der Waals surface area contributed by atoms with Crippen LogP contribution in [0.25, 0.3) is 5.52 Å². The Labute approximate surface area is 133 Å². The van der Waals surface area contributed by atoms with Crippen LogP contribution >= 0.6 is 0 Å². The number of aryl methyl sites for hydroxylation is 1. The largest absolute Gasteiger partial charge is 0.366 e. The summed E-state index contributed by atoms with van der Waals surface area (Å²) in [6, 6.07) is 3.75. The molecule has 2 aliphatic heterocycles. The molecule has 2 aliphatic rings. The monoisotopic (exact) mass is 314 g/mol. The third-order valence-corrected chi connectivity index (χ3v) is 4.51. The van der Waals surface area contributed by atoms with Gasteiger partial charge in [-0.1, -0.05) is 6.07 Å². The Balaban J connectivity index is 1.57. The Bertz CT molecular complexity index is 785. The molecule has 1 N–H and O–H groups in total. The van der Waals surface area contributed by atoms with Crippen molar-refractivity contribution in [2.24, 2.45) is 0 Å². The molecule has 120 valence electrons. The van der Waals surface area contributed by atoms with Crippen molar-refractivity contribution < 1.29 is 14.3 Å². The molecule has 2 fully saturated rings. The number of amides is 2. The maximum atomic E-state index is 12.8. The predicted molar refractivity (Wildman–Crippen MR) is 82.1 cm³/mol. The fraction of sp³-hybridized carbons (Fsp3) is 0.438. The third kappa shape index (κ3) is 2.46. The average molecular weight is 314 g/mol. The van der Waals surface area contributed by atoms with Crippen LogP contribution in [-0.2, 0) is 9.53 Å². The van der Waals surface area contributed by atoms with Gasteiger partial charge in [0.1, 0.15) is 6.61 Å². The summed E-state index contributed by atoms with van der Waals surface area (Å²) in [5.74, 6) is -0.172. The Morgan fingerprint density at radius 1 is 1.43 bits per heavy atom. The molecule has 0 unspecified atom stereocenters. The first kappa shape index (κ1) is 14.2. The molecule has 0 aliphatic carbocycles. The van der Waals surface area contributed by atoms with Crippen molar-refractivity contribution in [3.05, 3.63) is 35.7 Å². The topological polar surface area (TPSA) is 75.9 Å². The van der Waals surface area contributed by atoms with Crippen LogP contribution in [-0.4, -0.2) is 58.2 Å². The van der Waals surface area contributed by atoms with Crippen LogP contribution in [0.4, 0.5) is 0 Å². The Morgan fingerprint density at radius 3 is 3.17 bits per heavy atom. The summed E-state index contributed by atoms with van der Waals surface area (Å²) in [7, 11) is 0. The van der Waals surface area contributed by atoms with Gasteiger partial charge in [0.15, 0.2) is 0 Å². The van der Waals surface area contributed by atoms with Crippen molar-refractivity contribution in [2.45, 2.75) is 25.5 Å². The zero-order valence-corrected chi connectivity index (χ0v) is 12.9. The number of carbonyl (C=O) groups is 2. The lowest BCUT2D eigenvalue weighted by atomic mass is 10.00. The van der Waals surface area contributed by atoms with E-state index in [4.69, 9.17) is 4.74 Å². The second-order valence-electron chi connectivity index (χ2n) is 6.16. The maximum absolute atomic E-state index is 12.8. The number of hydrogen-bond donors (Lipinski definition) is 1. The molecule has 4 rings (SSSR count). The van der Waals surface area contributed by atoms with Crippen LogP contribution in [0.1, 0.15) is 22.3 Å². The minimum atomic E-state index is -0.127. The molecule has 23 heavy (non-hydrogen) atoms. The second kappa shape index (κ2) is 5.34. The summed E-state index contributed by atoms with van der Waals surface area (Å²) in [6.07, 6.45) is 4.24. The van der Waals surface area contributed by atoms with Gasteiger partial charge >= 0.3 is 0 Å². The number of likely N-dealkylation sites (tertiary alicyclic amines) is 1. The van der Waals surface area contributed by atoms with Crippen LogP contribution in [0.15, 0.2) is 24.5 Å². The lowest BCUT2D eigenvalue weighted by Gasteiger charge is -2.41. The third-order valence-electron chi connectivity index (χ3n) is 4.51. The molecule has 0 bridgehead atoms. The number of fused-ring (bicyclic) bond motifs is 2. The molecule has 2 amide bonds. The maximum Gasteiger partial charge on any atom is 0.257 e. The first-order valence-corrected chi connectivity index (χ1v) is 7.76. The van der Waals surface area contributed by atoms with Gasteiger partial charge in [-0.2, -0.15) is 5.10 Å². The summed E-state index contributed by atoms with van der Waals surface area (Å²) in [5, 5.41) is 7.18. The molecule has 4 heterocycles. The standard InChI is InChI=1S/C16H18N4O3/c1-10-2-3-13-11(6-17-20(13)7-10)16(22)19-5-4-14-12(8-19)18-15(21)9-23-14/h2-3,6-7,12,14H,4-5,8-9H2,1H3,(H,18,21)/t12-,14+/m0/s1. The number of morpholine rings is 1. The van der Waals surface area contributed by atoms with E-state index in [1.807, 2.05) is 25.3 Å². The summed E-state index contributed by atoms with van der Waals surface area (Å²) < 4.78 is 7.25. The van der Waals surface area contributed by atoms with Crippen LogP contribution < -0.4 is 5.32 Å². The fourth-order valence-corrected chi connectivity index (χ4v) is 3.31. The number of carbonyl (C=O) groups excluding carboxylic acids is 2. The first-order chi connectivity index (χ1) is 11.1. The Morgan fingerprint density at radius 2 is 2.30 bits per heavy atom. The highest BCUT2D eigenvalue weighted by Crippen LogP contribution is 2.21. The van der Waals surface area contributed by atoms with E-state index in [1.165, 1.54) is 0 Å². The van der Waals surface area contributed by atoms with E-state index in [-0.39, 0.29) is 30.6 Å². The minimum Gasteiger partial charge on any atom is -0.366 e. The highest BCUT2D eigenvalue weighted by Gasteiger charge is 2.36. The smallest absolute Gasteiger partial charge is 0.257 e. The van der Waals surface area contributed by atoms with Crippen LogP contribution in [0.3, 0.4) is 0 Å². The normalized spacial score (nSPS) is 24.4. The molecule has 2 atom stereocenters. The lowest BCUT2D eigenvalue weighted by Crippen LogP contribution is -2.61. The molecule has 0 spiro atoms. The van der Waals surface area contributed by atoms with E-state index in [0.29, 0.717) is 18.7 Å². The number of piperidine rings is 1. The van der Waals surface area contributed by atoms with Gasteiger partial charge in [0.25, 0.3) is 5.91 Å².